The molecule has 4 aromatic rings. The molecule has 0 spiro atoms. The minimum Gasteiger partial charge on any atom is -0.497 e. The fourth-order valence-corrected chi connectivity index (χ4v) is 4.44. The smallest absolute Gasteiger partial charge is 0.165 e. The zero-order valence-electron chi connectivity index (χ0n) is 19.7. The maximum atomic E-state index is 6.15. The number of rotatable bonds is 6. The summed E-state index contributed by atoms with van der Waals surface area (Å²) in [5, 5.41) is 1.07. The minimum atomic E-state index is 0.582. The van der Waals surface area contributed by atoms with E-state index in [1.165, 1.54) is 0 Å². The summed E-state index contributed by atoms with van der Waals surface area (Å²) < 4.78 is 22.8. The zero-order chi connectivity index (χ0) is 23.5. The van der Waals surface area contributed by atoms with Crippen LogP contribution in [0.1, 0.15) is 11.3 Å². The zero-order valence-corrected chi connectivity index (χ0v) is 19.7. The Morgan fingerprint density at radius 2 is 1.71 bits per heavy atom. The normalized spacial score (nSPS) is 13.6. The SMILES string of the molecule is COc1cccc(-c2cc3c(c(OC)c2)OCCN(Cc2ccc4cccc(OC)c4n2)C3)c1. The lowest BCUT2D eigenvalue weighted by atomic mass is 10.0. The van der Waals surface area contributed by atoms with E-state index >= 15 is 0 Å². The Hall–Kier alpha value is -3.77. The van der Waals surface area contributed by atoms with Crippen LogP contribution in [-0.2, 0) is 13.1 Å². The van der Waals surface area contributed by atoms with E-state index in [0.717, 1.165) is 69.4 Å². The molecule has 1 aliphatic rings. The summed E-state index contributed by atoms with van der Waals surface area (Å²) in [5.74, 6) is 3.16. The summed E-state index contributed by atoms with van der Waals surface area (Å²) >= 11 is 0. The second kappa shape index (κ2) is 9.61. The first kappa shape index (κ1) is 22.0. The van der Waals surface area contributed by atoms with Crippen molar-refractivity contribution in [1.29, 1.82) is 0 Å². The molecular formula is C28H28N2O4. The third kappa shape index (κ3) is 4.37. The average Bonchev–Trinajstić information content (AvgIpc) is 3.09. The highest BCUT2D eigenvalue weighted by Crippen LogP contribution is 2.39. The van der Waals surface area contributed by atoms with Crippen molar-refractivity contribution in [3.8, 4) is 34.1 Å². The highest BCUT2D eigenvalue weighted by Gasteiger charge is 2.21. The first-order chi connectivity index (χ1) is 16.7. The Kier molecular flexibility index (Phi) is 6.23. The topological polar surface area (TPSA) is 53.0 Å². The van der Waals surface area contributed by atoms with Crippen molar-refractivity contribution in [2.24, 2.45) is 0 Å². The number of ether oxygens (including phenoxy) is 4. The molecule has 0 amide bonds. The van der Waals surface area contributed by atoms with Crippen LogP contribution < -0.4 is 18.9 Å². The van der Waals surface area contributed by atoms with Gasteiger partial charge in [-0.1, -0.05) is 30.3 Å². The Bertz CT molecular complexity index is 1320. The Morgan fingerprint density at radius 1 is 0.853 bits per heavy atom. The van der Waals surface area contributed by atoms with E-state index in [-0.39, 0.29) is 0 Å². The Morgan fingerprint density at radius 3 is 2.53 bits per heavy atom. The van der Waals surface area contributed by atoms with E-state index in [0.29, 0.717) is 13.2 Å². The maximum absolute atomic E-state index is 6.15. The lowest BCUT2D eigenvalue weighted by molar-refractivity contribution is 0.215. The molecule has 2 heterocycles. The largest absolute Gasteiger partial charge is 0.497 e. The van der Waals surface area contributed by atoms with Gasteiger partial charge in [-0.05, 0) is 47.5 Å². The fourth-order valence-electron chi connectivity index (χ4n) is 4.44. The van der Waals surface area contributed by atoms with Crippen molar-refractivity contribution in [2.45, 2.75) is 13.1 Å². The van der Waals surface area contributed by atoms with Crippen LogP contribution in [0.4, 0.5) is 0 Å². The fraction of sp³-hybridized carbons (Fsp3) is 0.250. The van der Waals surface area contributed by atoms with Gasteiger partial charge in [-0.2, -0.15) is 0 Å². The Balaban J connectivity index is 1.46. The molecule has 0 N–H and O–H groups in total. The first-order valence-electron chi connectivity index (χ1n) is 11.3. The van der Waals surface area contributed by atoms with E-state index in [4.69, 9.17) is 23.9 Å². The van der Waals surface area contributed by atoms with Gasteiger partial charge in [0.2, 0.25) is 0 Å². The van der Waals surface area contributed by atoms with Gasteiger partial charge in [-0.3, -0.25) is 4.90 Å². The Labute approximate surface area is 199 Å². The highest BCUT2D eigenvalue weighted by atomic mass is 16.5. The summed E-state index contributed by atoms with van der Waals surface area (Å²) in [4.78, 5) is 7.25. The third-order valence-corrected chi connectivity index (χ3v) is 6.15. The number of nitrogens with zero attached hydrogens (tertiary/aromatic N) is 2. The molecule has 1 aliphatic heterocycles. The van der Waals surface area contributed by atoms with E-state index in [2.05, 4.69) is 35.2 Å². The molecule has 0 unspecified atom stereocenters. The molecule has 0 atom stereocenters. The second-order valence-electron chi connectivity index (χ2n) is 8.29. The average molecular weight is 457 g/mol. The van der Waals surface area contributed by atoms with Crippen molar-refractivity contribution in [2.75, 3.05) is 34.5 Å². The van der Waals surface area contributed by atoms with Crippen molar-refractivity contribution in [3.63, 3.8) is 0 Å². The van der Waals surface area contributed by atoms with Gasteiger partial charge in [0, 0.05) is 30.6 Å². The molecule has 6 heteroatoms. The number of para-hydroxylation sites is 1. The van der Waals surface area contributed by atoms with Crippen LogP contribution in [0.3, 0.4) is 0 Å². The van der Waals surface area contributed by atoms with Gasteiger partial charge in [-0.15, -0.1) is 0 Å². The molecule has 6 nitrogen and oxygen atoms in total. The van der Waals surface area contributed by atoms with Crippen molar-refractivity contribution in [3.05, 3.63) is 78.0 Å². The molecule has 1 aromatic heterocycles. The van der Waals surface area contributed by atoms with Crippen molar-refractivity contribution >= 4 is 10.9 Å². The first-order valence-corrected chi connectivity index (χ1v) is 11.3. The molecule has 3 aromatic carbocycles. The number of benzene rings is 3. The number of pyridine rings is 1. The van der Waals surface area contributed by atoms with Crippen LogP contribution >= 0.6 is 0 Å². The van der Waals surface area contributed by atoms with Crippen molar-refractivity contribution < 1.29 is 18.9 Å². The third-order valence-electron chi connectivity index (χ3n) is 6.15. The molecular weight excluding hydrogens is 428 g/mol. The van der Waals surface area contributed by atoms with Gasteiger partial charge in [0.05, 0.1) is 27.0 Å². The molecule has 174 valence electrons. The lowest BCUT2D eigenvalue weighted by Gasteiger charge is -2.20. The van der Waals surface area contributed by atoms with Gasteiger partial charge in [0.25, 0.3) is 0 Å². The van der Waals surface area contributed by atoms with Gasteiger partial charge in [-0.25, -0.2) is 4.98 Å². The summed E-state index contributed by atoms with van der Waals surface area (Å²) in [6, 6.07) is 22.4. The van der Waals surface area contributed by atoms with Gasteiger partial charge >= 0.3 is 0 Å². The number of hydrogen-bond donors (Lipinski definition) is 0. The highest BCUT2D eigenvalue weighted by molar-refractivity contribution is 5.84. The predicted molar refractivity (Wildman–Crippen MR) is 133 cm³/mol. The number of methoxy groups -OCH3 is 3. The van der Waals surface area contributed by atoms with Gasteiger partial charge in [0.15, 0.2) is 11.5 Å². The molecule has 5 rings (SSSR count). The number of aromatic nitrogens is 1. The summed E-state index contributed by atoms with van der Waals surface area (Å²) in [5.41, 5.74) is 5.11. The molecule has 0 radical (unpaired) electrons. The molecule has 0 fully saturated rings. The summed E-state index contributed by atoms with van der Waals surface area (Å²) in [6.07, 6.45) is 0. The standard InChI is InChI=1S/C28H28N2O4/c1-31-24-8-4-7-20(15-24)21-14-22-17-30(12-13-34-28(22)26(16-21)33-3)18-23-11-10-19-6-5-9-25(32-2)27(19)29-23/h4-11,14-16H,12-13,17-18H2,1-3H3. The summed E-state index contributed by atoms with van der Waals surface area (Å²) in [6.45, 7) is 2.81. The van der Waals surface area contributed by atoms with Crippen LogP contribution in [0, 0.1) is 0 Å². The number of hydrogen-bond acceptors (Lipinski definition) is 6. The van der Waals surface area contributed by atoms with Crippen LogP contribution in [-0.4, -0.2) is 44.4 Å². The van der Waals surface area contributed by atoms with Crippen LogP contribution in [0.15, 0.2) is 66.7 Å². The van der Waals surface area contributed by atoms with E-state index < -0.39 is 0 Å². The second-order valence-corrected chi connectivity index (χ2v) is 8.29. The minimum absolute atomic E-state index is 0.582. The molecule has 0 bridgehead atoms. The van der Waals surface area contributed by atoms with Crippen LogP contribution in [0.5, 0.6) is 23.0 Å². The van der Waals surface area contributed by atoms with Crippen LogP contribution in [0.2, 0.25) is 0 Å². The van der Waals surface area contributed by atoms with Gasteiger partial charge < -0.3 is 18.9 Å². The van der Waals surface area contributed by atoms with Crippen LogP contribution in [0.25, 0.3) is 22.0 Å². The quantitative estimate of drug-likeness (QED) is 0.391. The monoisotopic (exact) mass is 456 g/mol. The number of fused-ring (bicyclic) bond motifs is 2. The van der Waals surface area contributed by atoms with E-state index in [1.807, 2.05) is 36.4 Å². The predicted octanol–water partition coefficient (Wildman–Crippen LogP) is 5.32. The van der Waals surface area contributed by atoms with Crippen molar-refractivity contribution in [1.82, 2.24) is 9.88 Å². The molecule has 34 heavy (non-hydrogen) atoms. The molecule has 0 saturated carbocycles. The maximum Gasteiger partial charge on any atom is 0.165 e. The lowest BCUT2D eigenvalue weighted by Crippen LogP contribution is -2.25. The van der Waals surface area contributed by atoms with E-state index in [9.17, 15) is 0 Å². The van der Waals surface area contributed by atoms with Gasteiger partial charge in [0.1, 0.15) is 23.6 Å². The molecule has 0 aliphatic carbocycles. The van der Waals surface area contributed by atoms with E-state index in [1.54, 1.807) is 21.3 Å². The molecule has 0 saturated heterocycles. The summed E-state index contributed by atoms with van der Waals surface area (Å²) in [7, 11) is 5.04.